The summed E-state index contributed by atoms with van der Waals surface area (Å²) < 4.78 is 0. The molecule has 1 amide bonds. The molecule has 0 saturated heterocycles. The molecule has 0 rings (SSSR count). The molecule has 3 N–H and O–H groups in total. The van der Waals surface area contributed by atoms with Gasteiger partial charge in [0.15, 0.2) is 0 Å². The van der Waals surface area contributed by atoms with E-state index in [2.05, 4.69) is 17.6 Å². The Bertz CT molecular complexity index is 308. The molecule has 0 aromatic carbocycles. The smallest absolute Gasteiger partial charge is 0.306 e. The maximum absolute atomic E-state index is 11.9. The summed E-state index contributed by atoms with van der Waals surface area (Å²) in [4.78, 5) is 22.6. The topological polar surface area (TPSA) is 78.4 Å². The Balaban J connectivity index is 3.79. The van der Waals surface area contributed by atoms with E-state index >= 15 is 0 Å². The number of hydrogen-bond acceptors (Lipinski definition) is 3. The van der Waals surface area contributed by atoms with Gasteiger partial charge in [-0.05, 0) is 33.1 Å². The first-order chi connectivity index (χ1) is 9.88. The van der Waals surface area contributed by atoms with Crippen LogP contribution in [-0.2, 0) is 9.59 Å². The van der Waals surface area contributed by atoms with Crippen molar-refractivity contribution >= 4 is 11.9 Å². The summed E-state index contributed by atoms with van der Waals surface area (Å²) in [6.45, 7) is 8.51. The Kier molecular flexibility index (Phi) is 10.9. The van der Waals surface area contributed by atoms with Gasteiger partial charge in [-0.15, -0.1) is 0 Å². The summed E-state index contributed by atoms with van der Waals surface area (Å²) in [5, 5.41) is 15.0. The number of nitrogens with one attached hydrogen (secondary N) is 2. The number of carbonyl (C=O) groups excluding carboxylic acids is 1. The van der Waals surface area contributed by atoms with Crippen LogP contribution < -0.4 is 10.6 Å². The molecule has 0 aliphatic heterocycles. The third-order valence-corrected chi connectivity index (χ3v) is 3.70. The molecular weight excluding hydrogens is 268 g/mol. The van der Waals surface area contributed by atoms with E-state index in [1.807, 2.05) is 13.8 Å². The van der Waals surface area contributed by atoms with Gasteiger partial charge >= 0.3 is 5.97 Å². The number of hydrogen-bond donors (Lipinski definition) is 3. The number of rotatable bonds is 12. The van der Waals surface area contributed by atoms with Crippen LogP contribution in [0.25, 0.3) is 0 Å². The van der Waals surface area contributed by atoms with E-state index in [9.17, 15) is 9.59 Å². The van der Waals surface area contributed by atoms with Crippen molar-refractivity contribution in [3.05, 3.63) is 0 Å². The zero-order valence-electron chi connectivity index (χ0n) is 13.9. The van der Waals surface area contributed by atoms with Crippen LogP contribution >= 0.6 is 0 Å². The van der Waals surface area contributed by atoms with Gasteiger partial charge in [0, 0.05) is 12.6 Å². The van der Waals surface area contributed by atoms with Gasteiger partial charge in [0.25, 0.3) is 0 Å². The van der Waals surface area contributed by atoms with Crippen molar-refractivity contribution in [2.75, 3.05) is 6.54 Å². The number of carboxylic acid groups (broad SMARTS) is 1. The first-order valence-corrected chi connectivity index (χ1v) is 8.15. The van der Waals surface area contributed by atoms with Crippen molar-refractivity contribution in [3.63, 3.8) is 0 Å². The van der Waals surface area contributed by atoms with Crippen molar-refractivity contribution in [1.29, 1.82) is 0 Å². The minimum absolute atomic E-state index is 0.0388. The second-order valence-corrected chi connectivity index (χ2v) is 5.96. The van der Waals surface area contributed by atoms with Gasteiger partial charge in [-0.2, -0.15) is 0 Å². The van der Waals surface area contributed by atoms with E-state index in [0.29, 0.717) is 6.42 Å². The highest BCUT2D eigenvalue weighted by Crippen LogP contribution is 2.09. The molecule has 0 aliphatic carbocycles. The predicted molar refractivity (Wildman–Crippen MR) is 85.2 cm³/mol. The summed E-state index contributed by atoms with van der Waals surface area (Å²) in [6, 6.07) is 0.000843. The predicted octanol–water partition coefficient (Wildman–Crippen LogP) is 2.55. The fraction of sp³-hybridized carbons (Fsp3) is 0.875. The van der Waals surface area contributed by atoms with Gasteiger partial charge in [-0.25, -0.2) is 0 Å². The van der Waals surface area contributed by atoms with Crippen molar-refractivity contribution in [2.24, 2.45) is 5.92 Å². The summed E-state index contributed by atoms with van der Waals surface area (Å²) >= 11 is 0. The van der Waals surface area contributed by atoms with Gasteiger partial charge in [0.1, 0.15) is 0 Å². The number of carboxylic acids is 1. The van der Waals surface area contributed by atoms with E-state index in [-0.39, 0.29) is 23.9 Å². The van der Waals surface area contributed by atoms with E-state index in [4.69, 9.17) is 5.11 Å². The lowest BCUT2D eigenvalue weighted by Gasteiger charge is -2.20. The molecule has 3 unspecified atom stereocenters. The Morgan fingerprint density at radius 3 is 2.29 bits per heavy atom. The summed E-state index contributed by atoms with van der Waals surface area (Å²) in [6.07, 6.45) is 5.73. The van der Waals surface area contributed by atoms with Crippen LogP contribution in [0.15, 0.2) is 0 Å². The minimum Gasteiger partial charge on any atom is -0.481 e. The van der Waals surface area contributed by atoms with E-state index < -0.39 is 5.97 Å². The minimum atomic E-state index is -0.740. The molecule has 21 heavy (non-hydrogen) atoms. The lowest BCUT2D eigenvalue weighted by molar-refractivity contribution is -0.141. The Labute approximate surface area is 128 Å². The quantitative estimate of drug-likeness (QED) is 0.484. The molecule has 0 heterocycles. The van der Waals surface area contributed by atoms with Gasteiger partial charge < -0.3 is 15.7 Å². The van der Waals surface area contributed by atoms with Gasteiger partial charge in [0.05, 0.1) is 12.0 Å². The molecule has 0 fully saturated rings. The molecule has 3 atom stereocenters. The molecular formula is C16H32N2O3. The van der Waals surface area contributed by atoms with Crippen molar-refractivity contribution in [2.45, 2.75) is 78.3 Å². The van der Waals surface area contributed by atoms with Crippen molar-refractivity contribution in [3.8, 4) is 0 Å². The molecule has 0 aromatic heterocycles. The first kappa shape index (κ1) is 19.9. The number of carbonyl (C=O) groups is 2. The molecule has 0 bridgehead atoms. The van der Waals surface area contributed by atoms with Crippen LogP contribution in [-0.4, -0.2) is 35.6 Å². The molecule has 0 radical (unpaired) electrons. The van der Waals surface area contributed by atoms with Crippen LogP contribution in [0.2, 0.25) is 0 Å². The standard InChI is InChI=1S/C16H32N2O3/c1-5-6-7-11-17-15(19)14(4)18-13(3)10-8-9-12(2)16(20)21/h12-14,18H,5-11H2,1-4H3,(H,17,19)(H,20,21). The van der Waals surface area contributed by atoms with Gasteiger partial charge in [0.2, 0.25) is 5.91 Å². The molecule has 0 aliphatic rings. The molecule has 0 spiro atoms. The number of unbranched alkanes of at least 4 members (excludes halogenated alkanes) is 2. The summed E-state index contributed by atoms with van der Waals surface area (Å²) in [7, 11) is 0. The largest absolute Gasteiger partial charge is 0.481 e. The van der Waals surface area contributed by atoms with Crippen molar-refractivity contribution < 1.29 is 14.7 Å². The average molecular weight is 300 g/mol. The maximum Gasteiger partial charge on any atom is 0.306 e. The molecule has 0 saturated carbocycles. The van der Waals surface area contributed by atoms with E-state index in [1.54, 1.807) is 6.92 Å². The normalized spacial score (nSPS) is 15.2. The van der Waals surface area contributed by atoms with Crippen LogP contribution in [0, 0.1) is 5.92 Å². The lowest BCUT2D eigenvalue weighted by atomic mass is 10.0. The SMILES string of the molecule is CCCCCNC(=O)C(C)NC(C)CCCC(C)C(=O)O. The lowest BCUT2D eigenvalue weighted by Crippen LogP contribution is -2.45. The first-order valence-electron chi connectivity index (χ1n) is 8.15. The van der Waals surface area contributed by atoms with Crippen LogP contribution in [0.3, 0.4) is 0 Å². The van der Waals surface area contributed by atoms with Crippen LogP contribution in [0.5, 0.6) is 0 Å². The molecule has 124 valence electrons. The molecule has 0 aromatic rings. The third-order valence-electron chi connectivity index (χ3n) is 3.70. The maximum atomic E-state index is 11.9. The zero-order valence-corrected chi connectivity index (χ0v) is 13.9. The monoisotopic (exact) mass is 300 g/mol. The highest BCUT2D eigenvalue weighted by molar-refractivity contribution is 5.81. The Morgan fingerprint density at radius 2 is 1.71 bits per heavy atom. The van der Waals surface area contributed by atoms with Crippen molar-refractivity contribution in [1.82, 2.24) is 10.6 Å². The van der Waals surface area contributed by atoms with E-state index in [0.717, 1.165) is 38.6 Å². The number of amides is 1. The molecule has 5 heteroatoms. The fourth-order valence-corrected chi connectivity index (χ4v) is 2.18. The Morgan fingerprint density at radius 1 is 1.05 bits per heavy atom. The molecule has 5 nitrogen and oxygen atoms in total. The fourth-order valence-electron chi connectivity index (χ4n) is 2.18. The van der Waals surface area contributed by atoms with Gasteiger partial charge in [-0.1, -0.05) is 33.1 Å². The summed E-state index contributed by atoms with van der Waals surface area (Å²) in [5.41, 5.74) is 0. The number of aliphatic carboxylic acids is 1. The Hall–Kier alpha value is -1.10. The van der Waals surface area contributed by atoms with Crippen LogP contribution in [0.4, 0.5) is 0 Å². The third kappa shape index (κ3) is 10.3. The average Bonchev–Trinajstić information content (AvgIpc) is 2.42. The second kappa shape index (κ2) is 11.5. The summed E-state index contributed by atoms with van der Waals surface area (Å²) in [5.74, 6) is -0.996. The second-order valence-electron chi connectivity index (χ2n) is 5.96. The highest BCUT2D eigenvalue weighted by atomic mass is 16.4. The highest BCUT2D eigenvalue weighted by Gasteiger charge is 2.15. The van der Waals surface area contributed by atoms with E-state index in [1.165, 1.54) is 0 Å². The zero-order chi connectivity index (χ0) is 16.3. The van der Waals surface area contributed by atoms with Crippen LogP contribution in [0.1, 0.15) is 66.2 Å². The van der Waals surface area contributed by atoms with Gasteiger partial charge in [-0.3, -0.25) is 9.59 Å².